The van der Waals surface area contributed by atoms with E-state index in [2.05, 4.69) is 31.5 Å². The molecule has 2 N–H and O–H groups in total. The van der Waals surface area contributed by atoms with Crippen molar-refractivity contribution in [2.75, 3.05) is 5.73 Å². The Morgan fingerprint density at radius 1 is 1.24 bits per heavy atom. The SMILES string of the molecule is Nc1cccc(Cl)c1-c1nnnn1-c1ccc(Br)c(F)c1. The highest BCUT2D eigenvalue weighted by Crippen LogP contribution is 2.32. The van der Waals surface area contributed by atoms with Crippen LogP contribution in [0.25, 0.3) is 17.1 Å². The topological polar surface area (TPSA) is 69.6 Å². The van der Waals surface area contributed by atoms with Crippen molar-refractivity contribution in [3.8, 4) is 17.1 Å². The lowest BCUT2D eigenvalue weighted by Crippen LogP contribution is -2.02. The number of halogens is 3. The van der Waals surface area contributed by atoms with E-state index in [1.54, 1.807) is 30.3 Å². The first-order chi connectivity index (χ1) is 10.1. The molecular weight excluding hydrogens is 361 g/mol. The molecule has 0 saturated heterocycles. The molecule has 3 aromatic rings. The van der Waals surface area contributed by atoms with Crippen LogP contribution in [0.3, 0.4) is 0 Å². The van der Waals surface area contributed by atoms with E-state index in [0.29, 0.717) is 32.3 Å². The van der Waals surface area contributed by atoms with E-state index in [1.807, 2.05) is 0 Å². The molecule has 8 heteroatoms. The van der Waals surface area contributed by atoms with E-state index in [4.69, 9.17) is 17.3 Å². The van der Waals surface area contributed by atoms with Crippen molar-refractivity contribution < 1.29 is 4.39 Å². The average molecular weight is 369 g/mol. The van der Waals surface area contributed by atoms with Gasteiger partial charge in [0.2, 0.25) is 0 Å². The molecule has 0 aliphatic rings. The van der Waals surface area contributed by atoms with Crippen LogP contribution in [0.15, 0.2) is 40.9 Å². The van der Waals surface area contributed by atoms with Crippen LogP contribution >= 0.6 is 27.5 Å². The highest BCUT2D eigenvalue weighted by Gasteiger charge is 2.17. The number of rotatable bonds is 2. The number of tetrazole rings is 1. The molecule has 21 heavy (non-hydrogen) atoms. The van der Waals surface area contributed by atoms with Crippen LogP contribution in [0.4, 0.5) is 10.1 Å². The van der Waals surface area contributed by atoms with Crippen molar-refractivity contribution in [3.05, 3.63) is 51.7 Å². The fourth-order valence-corrected chi connectivity index (χ4v) is 2.42. The third kappa shape index (κ3) is 2.50. The van der Waals surface area contributed by atoms with Gasteiger partial charge < -0.3 is 5.73 Å². The van der Waals surface area contributed by atoms with Crippen LogP contribution < -0.4 is 5.73 Å². The van der Waals surface area contributed by atoms with Gasteiger partial charge in [-0.1, -0.05) is 17.7 Å². The van der Waals surface area contributed by atoms with Gasteiger partial charge in [0, 0.05) is 11.8 Å². The summed E-state index contributed by atoms with van der Waals surface area (Å²) in [6.07, 6.45) is 0. The Hall–Kier alpha value is -1.99. The predicted molar refractivity (Wildman–Crippen MR) is 81.7 cm³/mol. The Morgan fingerprint density at radius 2 is 2.05 bits per heavy atom. The van der Waals surface area contributed by atoms with Crippen LogP contribution in [0.2, 0.25) is 5.02 Å². The lowest BCUT2D eigenvalue weighted by Gasteiger charge is -2.09. The molecule has 0 atom stereocenters. The second kappa shape index (κ2) is 5.42. The number of nitrogen functional groups attached to an aromatic ring is 1. The second-order valence-corrected chi connectivity index (χ2v) is 5.48. The molecule has 0 spiro atoms. The zero-order valence-electron chi connectivity index (χ0n) is 10.5. The maximum atomic E-state index is 13.7. The van der Waals surface area contributed by atoms with Crippen LogP contribution in [0.1, 0.15) is 0 Å². The third-order valence-electron chi connectivity index (χ3n) is 2.89. The van der Waals surface area contributed by atoms with E-state index in [1.165, 1.54) is 10.7 Å². The van der Waals surface area contributed by atoms with E-state index >= 15 is 0 Å². The summed E-state index contributed by atoms with van der Waals surface area (Å²) >= 11 is 9.27. The summed E-state index contributed by atoms with van der Waals surface area (Å²) in [5.41, 5.74) is 7.35. The third-order valence-corrected chi connectivity index (χ3v) is 3.84. The number of anilines is 1. The van der Waals surface area contributed by atoms with Gasteiger partial charge in [0.25, 0.3) is 0 Å². The van der Waals surface area contributed by atoms with Gasteiger partial charge in [-0.3, -0.25) is 0 Å². The quantitative estimate of drug-likeness (QED) is 0.703. The molecule has 0 saturated carbocycles. The van der Waals surface area contributed by atoms with Crippen molar-refractivity contribution in [3.63, 3.8) is 0 Å². The minimum Gasteiger partial charge on any atom is -0.398 e. The van der Waals surface area contributed by atoms with Crippen molar-refractivity contribution in [1.82, 2.24) is 20.2 Å². The lowest BCUT2D eigenvalue weighted by atomic mass is 10.1. The van der Waals surface area contributed by atoms with Crippen molar-refractivity contribution in [2.24, 2.45) is 0 Å². The molecule has 0 aliphatic carbocycles. The minimum atomic E-state index is -0.416. The molecule has 0 fully saturated rings. The van der Waals surface area contributed by atoms with E-state index in [0.717, 1.165) is 0 Å². The maximum absolute atomic E-state index is 13.7. The lowest BCUT2D eigenvalue weighted by molar-refractivity contribution is 0.618. The zero-order valence-corrected chi connectivity index (χ0v) is 12.8. The van der Waals surface area contributed by atoms with Crippen LogP contribution in [0.5, 0.6) is 0 Å². The predicted octanol–water partition coefficient (Wildman–Crippen LogP) is 3.47. The minimum absolute atomic E-state index is 0.347. The molecule has 5 nitrogen and oxygen atoms in total. The number of nitrogens with zero attached hydrogens (tertiary/aromatic N) is 4. The number of hydrogen-bond acceptors (Lipinski definition) is 4. The van der Waals surface area contributed by atoms with Gasteiger partial charge in [-0.05, 0) is 50.6 Å². The van der Waals surface area contributed by atoms with Crippen molar-refractivity contribution in [2.45, 2.75) is 0 Å². The number of aromatic nitrogens is 4. The Bertz CT molecular complexity index is 800. The molecule has 2 aromatic carbocycles. The van der Waals surface area contributed by atoms with Gasteiger partial charge in [-0.2, -0.15) is 4.68 Å². The van der Waals surface area contributed by atoms with Crippen LogP contribution in [0, 0.1) is 5.82 Å². The molecular formula is C13H8BrClFN5. The first-order valence-corrected chi connectivity index (χ1v) is 7.03. The average Bonchev–Trinajstić information content (AvgIpc) is 2.91. The second-order valence-electron chi connectivity index (χ2n) is 4.22. The Kier molecular flexibility index (Phi) is 3.60. The highest BCUT2D eigenvalue weighted by molar-refractivity contribution is 9.10. The van der Waals surface area contributed by atoms with E-state index in [9.17, 15) is 4.39 Å². The summed E-state index contributed by atoms with van der Waals surface area (Å²) in [5, 5.41) is 11.9. The summed E-state index contributed by atoms with van der Waals surface area (Å²) in [7, 11) is 0. The number of benzene rings is 2. The monoisotopic (exact) mass is 367 g/mol. The standard InChI is InChI=1S/C13H8BrClFN5/c14-8-5-4-7(6-10(8)16)21-13(18-19-20-21)12-9(15)2-1-3-11(12)17/h1-6H,17H2. The molecule has 0 amide bonds. The molecule has 1 aromatic heterocycles. The number of hydrogen-bond donors (Lipinski definition) is 1. The fraction of sp³-hybridized carbons (Fsp3) is 0. The number of nitrogens with two attached hydrogens (primary N) is 1. The van der Waals surface area contributed by atoms with Crippen LogP contribution in [-0.2, 0) is 0 Å². The van der Waals surface area contributed by atoms with Gasteiger partial charge >= 0.3 is 0 Å². The van der Waals surface area contributed by atoms with Crippen LogP contribution in [-0.4, -0.2) is 20.2 Å². The maximum Gasteiger partial charge on any atom is 0.190 e. The zero-order chi connectivity index (χ0) is 15.0. The molecule has 0 aliphatic heterocycles. The normalized spacial score (nSPS) is 10.8. The fourth-order valence-electron chi connectivity index (χ4n) is 1.91. The molecule has 0 bridgehead atoms. The van der Waals surface area contributed by atoms with Crippen molar-refractivity contribution in [1.29, 1.82) is 0 Å². The Morgan fingerprint density at radius 3 is 2.76 bits per heavy atom. The molecule has 3 rings (SSSR count). The summed E-state index contributed by atoms with van der Waals surface area (Å²) in [5.74, 6) is -0.0686. The Labute approximate surface area is 132 Å². The summed E-state index contributed by atoms with van der Waals surface area (Å²) < 4.78 is 15.4. The first kappa shape index (κ1) is 14.0. The molecule has 0 unspecified atom stereocenters. The molecule has 0 radical (unpaired) electrons. The smallest absolute Gasteiger partial charge is 0.190 e. The van der Waals surface area contributed by atoms with Gasteiger partial charge in [0.05, 0.1) is 20.7 Å². The molecule has 106 valence electrons. The molecule has 1 heterocycles. The first-order valence-electron chi connectivity index (χ1n) is 5.86. The largest absolute Gasteiger partial charge is 0.398 e. The highest BCUT2D eigenvalue weighted by atomic mass is 79.9. The van der Waals surface area contributed by atoms with Gasteiger partial charge in [-0.25, -0.2) is 4.39 Å². The summed E-state index contributed by atoms with van der Waals surface area (Å²) in [4.78, 5) is 0. The van der Waals surface area contributed by atoms with Crippen molar-refractivity contribution >= 4 is 33.2 Å². The van der Waals surface area contributed by atoms with E-state index in [-0.39, 0.29) is 0 Å². The summed E-state index contributed by atoms with van der Waals surface area (Å²) in [6, 6.07) is 9.69. The van der Waals surface area contributed by atoms with Gasteiger partial charge in [-0.15, -0.1) is 5.10 Å². The Balaban J connectivity index is 2.20. The van der Waals surface area contributed by atoms with E-state index < -0.39 is 5.82 Å². The summed E-state index contributed by atoms with van der Waals surface area (Å²) in [6.45, 7) is 0. The van der Waals surface area contributed by atoms with Gasteiger partial charge in [0.1, 0.15) is 5.82 Å². The van der Waals surface area contributed by atoms with Gasteiger partial charge in [0.15, 0.2) is 5.82 Å².